The van der Waals surface area contributed by atoms with Gasteiger partial charge in [-0.1, -0.05) is 12.8 Å². The van der Waals surface area contributed by atoms with Gasteiger partial charge in [0.2, 0.25) is 0 Å². The van der Waals surface area contributed by atoms with Crippen LogP contribution in [-0.2, 0) is 6.54 Å². The van der Waals surface area contributed by atoms with E-state index in [0.717, 1.165) is 12.5 Å². The number of benzene rings is 1. The van der Waals surface area contributed by atoms with Crippen molar-refractivity contribution in [1.82, 2.24) is 4.90 Å². The Morgan fingerprint density at radius 2 is 1.79 bits per heavy atom. The van der Waals surface area contributed by atoms with Crippen molar-refractivity contribution >= 4 is 5.69 Å². The molecule has 6 nitrogen and oxygen atoms in total. The van der Waals surface area contributed by atoms with Crippen LogP contribution in [0.1, 0.15) is 44.1 Å². The van der Waals surface area contributed by atoms with E-state index in [1.165, 1.54) is 51.7 Å². The van der Waals surface area contributed by atoms with Crippen LogP contribution in [0.15, 0.2) is 12.1 Å². The van der Waals surface area contributed by atoms with Gasteiger partial charge in [0.1, 0.15) is 0 Å². The third-order valence-corrected chi connectivity index (χ3v) is 5.51. The van der Waals surface area contributed by atoms with Gasteiger partial charge in [-0.05, 0) is 44.2 Å². The number of nitro groups is 1. The van der Waals surface area contributed by atoms with Crippen LogP contribution in [0.25, 0.3) is 0 Å². The van der Waals surface area contributed by atoms with Crippen LogP contribution in [0.4, 0.5) is 5.69 Å². The van der Waals surface area contributed by atoms with E-state index in [2.05, 4.69) is 4.90 Å². The highest BCUT2D eigenvalue weighted by molar-refractivity contribution is 5.54. The van der Waals surface area contributed by atoms with Crippen LogP contribution < -0.4 is 9.47 Å². The maximum absolute atomic E-state index is 11.5. The molecule has 0 aromatic heterocycles. The molecule has 1 heterocycles. The number of hydrogen-bond acceptors (Lipinski definition) is 5. The van der Waals surface area contributed by atoms with Gasteiger partial charge in [0.15, 0.2) is 11.5 Å². The number of piperidine rings is 1. The number of rotatable bonds is 5. The van der Waals surface area contributed by atoms with Crippen LogP contribution in [0.5, 0.6) is 11.5 Å². The summed E-state index contributed by atoms with van der Waals surface area (Å²) in [6.45, 7) is 1.63. The summed E-state index contributed by atoms with van der Waals surface area (Å²) in [7, 11) is 3.06. The summed E-state index contributed by atoms with van der Waals surface area (Å²) in [5.74, 6) is 1.71. The first-order chi connectivity index (χ1) is 11.6. The normalized spacial score (nSPS) is 24.2. The first kappa shape index (κ1) is 17.0. The van der Waals surface area contributed by atoms with Gasteiger partial charge >= 0.3 is 0 Å². The molecular weight excluding hydrogens is 308 g/mol. The largest absolute Gasteiger partial charge is 0.493 e. The van der Waals surface area contributed by atoms with E-state index in [9.17, 15) is 10.1 Å². The molecule has 1 aliphatic carbocycles. The lowest BCUT2D eigenvalue weighted by Crippen LogP contribution is -2.46. The van der Waals surface area contributed by atoms with Gasteiger partial charge in [0.25, 0.3) is 5.69 Å². The molecule has 24 heavy (non-hydrogen) atoms. The maximum Gasteiger partial charge on any atom is 0.277 e. The first-order valence-corrected chi connectivity index (χ1v) is 8.77. The fourth-order valence-electron chi connectivity index (χ4n) is 4.35. The zero-order chi connectivity index (χ0) is 17.1. The van der Waals surface area contributed by atoms with Crippen LogP contribution in [-0.4, -0.2) is 36.6 Å². The van der Waals surface area contributed by atoms with Crippen molar-refractivity contribution in [2.45, 2.75) is 51.1 Å². The van der Waals surface area contributed by atoms with Crippen molar-refractivity contribution in [3.05, 3.63) is 27.8 Å². The van der Waals surface area contributed by atoms with E-state index >= 15 is 0 Å². The Morgan fingerprint density at radius 3 is 2.50 bits per heavy atom. The monoisotopic (exact) mass is 334 g/mol. The Kier molecular flexibility index (Phi) is 5.23. The molecule has 2 fully saturated rings. The molecule has 1 aliphatic heterocycles. The fraction of sp³-hybridized carbons (Fsp3) is 0.667. The molecular formula is C18H26N2O4. The second-order valence-corrected chi connectivity index (χ2v) is 6.82. The van der Waals surface area contributed by atoms with Gasteiger partial charge in [-0.25, -0.2) is 0 Å². The zero-order valence-corrected chi connectivity index (χ0v) is 14.5. The van der Waals surface area contributed by atoms with E-state index in [1.54, 1.807) is 13.2 Å². The standard InChI is InChI=1S/C18H26N2O4/c1-23-17-10-14(16(20(21)22)11-18(17)24-2)12-19-9-5-7-13-6-3-4-8-15(13)19/h10-11,13,15H,3-9,12H2,1-2H3/t13-,15+/m1/s1. The smallest absolute Gasteiger partial charge is 0.277 e. The summed E-state index contributed by atoms with van der Waals surface area (Å²) >= 11 is 0. The fourth-order valence-corrected chi connectivity index (χ4v) is 4.35. The van der Waals surface area contributed by atoms with Gasteiger partial charge in [0.05, 0.1) is 25.2 Å². The van der Waals surface area contributed by atoms with Crippen LogP contribution in [0, 0.1) is 16.0 Å². The number of methoxy groups -OCH3 is 2. The van der Waals surface area contributed by atoms with Gasteiger partial charge < -0.3 is 9.47 Å². The summed E-state index contributed by atoms with van der Waals surface area (Å²) in [5, 5.41) is 11.5. The SMILES string of the molecule is COc1cc(CN2CCC[C@H]3CCCC[C@@H]32)c([N+](=O)[O-])cc1OC. The molecule has 0 radical (unpaired) electrons. The topological polar surface area (TPSA) is 64.8 Å². The van der Waals surface area contributed by atoms with E-state index in [4.69, 9.17) is 9.47 Å². The van der Waals surface area contributed by atoms with Crippen LogP contribution in [0.2, 0.25) is 0 Å². The molecule has 0 amide bonds. The van der Waals surface area contributed by atoms with E-state index in [-0.39, 0.29) is 10.6 Å². The molecule has 0 N–H and O–H groups in total. The number of hydrogen-bond donors (Lipinski definition) is 0. The summed E-state index contributed by atoms with van der Waals surface area (Å²) in [5.41, 5.74) is 0.828. The molecule has 132 valence electrons. The third-order valence-electron chi connectivity index (χ3n) is 5.51. The minimum atomic E-state index is -0.320. The quantitative estimate of drug-likeness (QED) is 0.606. The number of nitro benzene ring substituents is 1. The molecule has 0 bridgehead atoms. The van der Waals surface area contributed by atoms with E-state index in [0.29, 0.717) is 29.6 Å². The summed E-state index contributed by atoms with van der Waals surface area (Å²) in [4.78, 5) is 13.6. The maximum atomic E-state index is 11.5. The highest BCUT2D eigenvalue weighted by atomic mass is 16.6. The Labute approximate surface area is 142 Å². The molecule has 1 aromatic rings. The minimum absolute atomic E-state index is 0.116. The highest BCUT2D eigenvalue weighted by Gasteiger charge is 2.34. The molecule has 1 saturated heterocycles. The van der Waals surface area contributed by atoms with Crippen molar-refractivity contribution < 1.29 is 14.4 Å². The van der Waals surface area contributed by atoms with Gasteiger partial charge in [0, 0.05) is 18.2 Å². The summed E-state index contributed by atoms with van der Waals surface area (Å²) < 4.78 is 10.6. The average Bonchev–Trinajstić information content (AvgIpc) is 2.61. The lowest BCUT2D eigenvalue weighted by atomic mass is 9.78. The zero-order valence-electron chi connectivity index (χ0n) is 14.5. The van der Waals surface area contributed by atoms with Gasteiger partial charge in [-0.2, -0.15) is 0 Å². The number of fused-ring (bicyclic) bond motifs is 1. The third kappa shape index (κ3) is 3.34. The molecule has 2 atom stereocenters. The van der Waals surface area contributed by atoms with Crippen LogP contribution in [0.3, 0.4) is 0 Å². The highest BCUT2D eigenvalue weighted by Crippen LogP contribution is 2.39. The molecule has 1 saturated carbocycles. The van der Waals surface area contributed by atoms with E-state index in [1.807, 2.05) is 0 Å². The minimum Gasteiger partial charge on any atom is -0.493 e. The van der Waals surface area contributed by atoms with Crippen molar-refractivity contribution in [3.8, 4) is 11.5 Å². The van der Waals surface area contributed by atoms with Crippen molar-refractivity contribution in [2.24, 2.45) is 5.92 Å². The average molecular weight is 334 g/mol. The summed E-state index contributed by atoms with van der Waals surface area (Å²) in [6.07, 6.45) is 7.59. The number of nitrogens with zero attached hydrogens (tertiary/aromatic N) is 2. The Hall–Kier alpha value is -1.82. The lowest BCUT2D eigenvalue weighted by molar-refractivity contribution is -0.385. The molecule has 6 heteroatoms. The summed E-state index contributed by atoms with van der Waals surface area (Å²) in [6, 6.07) is 3.82. The van der Waals surface area contributed by atoms with Gasteiger partial charge in [-0.15, -0.1) is 0 Å². The van der Waals surface area contributed by atoms with Crippen LogP contribution >= 0.6 is 0 Å². The molecule has 0 unspecified atom stereocenters. The molecule has 1 aromatic carbocycles. The Morgan fingerprint density at radius 1 is 1.12 bits per heavy atom. The molecule has 0 spiro atoms. The lowest BCUT2D eigenvalue weighted by Gasteiger charge is -2.44. The Balaban J connectivity index is 1.88. The first-order valence-electron chi connectivity index (χ1n) is 8.77. The van der Waals surface area contributed by atoms with Crippen molar-refractivity contribution in [2.75, 3.05) is 20.8 Å². The predicted molar refractivity (Wildman–Crippen MR) is 91.6 cm³/mol. The Bertz CT molecular complexity index is 603. The molecule has 2 aliphatic rings. The number of ether oxygens (including phenoxy) is 2. The molecule has 3 rings (SSSR count). The van der Waals surface area contributed by atoms with Gasteiger partial charge in [-0.3, -0.25) is 15.0 Å². The van der Waals surface area contributed by atoms with E-state index < -0.39 is 0 Å². The van der Waals surface area contributed by atoms with Crippen molar-refractivity contribution in [3.63, 3.8) is 0 Å². The number of likely N-dealkylation sites (tertiary alicyclic amines) is 1. The van der Waals surface area contributed by atoms with Crippen molar-refractivity contribution in [1.29, 1.82) is 0 Å². The second kappa shape index (κ2) is 7.38. The predicted octanol–water partition coefficient (Wildman–Crippen LogP) is 3.77. The second-order valence-electron chi connectivity index (χ2n) is 6.82.